The quantitative estimate of drug-likeness (QED) is 0.518. The van der Waals surface area contributed by atoms with Crippen molar-refractivity contribution in [2.75, 3.05) is 0 Å². The summed E-state index contributed by atoms with van der Waals surface area (Å²) >= 11 is 0. The van der Waals surface area contributed by atoms with Crippen LogP contribution in [0.1, 0.15) is 72.1 Å². The zero-order chi connectivity index (χ0) is 9.73. The lowest BCUT2D eigenvalue weighted by Crippen LogP contribution is -2.27. The van der Waals surface area contributed by atoms with E-state index in [4.69, 9.17) is 0 Å². The molecular weight excluding hydrogens is 156 g/mol. The van der Waals surface area contributed by atoms with Crippen LogP contribution in [0.4, 0.5) is 0 Å². The van der Waals surface area contributed by atoms with Gasteiger partial charge in [-0.3, -0.25) is 0 Å². The van der Waals surface area contributed by atoms with Crippen LogP contribution in [0.5, 0.6) is 0 Å². The van der Waals surface area contributed by atoms with Crippen molar-refractivity contribution in [3.05, 3.63) is 0 Å². The summed E-state index contributed by atoms with van der Waals surface area (Å²) in [4.78, 5) is 0. The van der Waals surface area contributed by atoms with Crippen LogP contribution in [0.25, 0.3) is 0 Å². The summed E-state index contributed by atoms with van der Waals surface area (Å²) in [5.41, 5.74) is 0.742. The molecule has 1 unspecified atom stereocenters. The first-order valence-electron chi connectivity index (χ1n) is 6.16. The second-order valence-corrected chi connectivity index (χ2v) is 5.47. The topological polar surface area (TPSA) is 0 Å². The van der Waals surface area contributed by atoms with E-state index in [0.29, 0.717) is 0 Å². The van der Waals surface area contributed by atoms with E-state index in [1.54, 1.807) is 0 Å². The fraction of sp³-hybridized carbons (Fsp3) is 1.00. The first-order valence-corrected chi connectivity index (χ1v) is 6.16. The average molecular weight is 182 g/mol. The predicted molar refractivity (Wildman–Crippen MR) is 59.9 cm³/mol. The molecule has 1 saturated carbocycles. The number of hydrogen-bond acceptors (Lipinski definition) is 0. The van der Waals surface area contributed by atoms with Crippen LogP contribution in [0.3, 0.4) is 0 Å². The van der Waals surface area contributed by atoms with Crippen molar-refractivity contribution >= 4 is 0 Å². The van der Waals surface area contributed by atoms with E-state index in [1.807, 2.05) is 0 Å². The Hall–Kier alpha value is 0. The monoisotopic (exact) mass is 182 g/mol. The van der Waals surface area contributed by atoms with Crippen LogP contribution in [0, 0.1) is 11.3 Å². The van der Waals surface area contributed by atoms with Crippen LogP contribution >= 0.6 is 0 Å². The fourth-order valence-corrected chi connectivity index (χ4v) is 2.67. The van der Waals surface area contributed by atoms with Gasteiger partial charge < -0.3 is 0 Å². The van der Waals surface area contributed by atoms with Gasteiger partial charge in [-0.2, -0.15) is 0 Å². The SMILES string of the molecule is CCCCCC(C)CC1(C)CCC1. The molecule has 0 aromatic heterocycles. The normalized spacial score (nSPS) is 22.4. The predicted octanol–water partition coefficient (Wildman–Crippen LogP) is 4.78. The molecule has 1 rings (SSSR count). The molecule has 1 fully saturated rings. The minimum absolute atomic E-state index is 0.742. The maximum atomic E-state index is 2.48. The van der Waals surface area contributed by atoms with Gasteiger partial charge in [0.2, 0.25) is 0 Å². The van der Waals surface area contributed by atoms with Crippen LogP contribution in [0.15, 0.2) is 0 Å². The summed E-state index contributed by atoms with van der Waals surface area (Å²) in [6, 6.07) is 0. The van der Waals surface area contributed by atoms with E-state index < -0.39 is 0 Å². The van der Waals surface area contributed by atoms with E-state index in [2.05, 4.69) is 20.8 Å². The minimum atomic E-state index is 0.742. The smallest absolute Gasteiger partial charge is 0.0323 e. The van der Waals surface area contributed by atoms with Crippen LogP contribution in [0.2, 0.25) is 0 Å². The van der Waals surface area contributed by atoms with Crippen molar-refractivity contribution in [1.82, 2.24) is 0 Å². The maximum Gasteiger partial charge on any atom is -0.0323 e. The molecule has 1 aliphatic rings. The molecule has 0 heteroatoms. The highest BCUT2D eigenvalue weighted by Crippen LogP contribution is 2.45. The van der Waals surface area contributed by atoms with E-state index in [1.165, 1.54) is 51.4 Å². The third kappa shape index (κ3) is 3.70. The van der Waals surface area contributed by atoms with Crippen molar-refractivity contribution in [3.63, 3.8) is 0 Å². The molecule has 0 nitrogen and oxygen atoms in total. The van der Waals surface area contributed by atoms with E-state index in [-0.39, 0.29) is 0 Å². The van der Waals surface area contributed by atoms with Gasteiger partial charge in [0, 0.05) is 0 Å². The van der Waals surface area contributed by atoms with Crippen LogP contribution in [-0.2, 0) is 0 Å². The van der Waals surface area contributed by atoms with Crippen molar-refractivity contribution in [2.45, 2.75) is 72.1 Å². The molecule has 1 aliphatic carbocycles. The van der Waals surface area contributed by atoms with Gasteiger partial charge in [0.15, 0.2) is 0 Å². The third-order valence-corrected chi connectivity index (χ3v) is 3.70. The molecule has 0 bridgehead atoms. The average Bonchev–Trinajstić information content (AvgIpc) is 2.02. The number of rotatable bonds is 6. The minimum Gasteiger partial charge on any atom is -0.0654 e. The first kappa shape index (κ1) is 11.1. The van der Waals surface area contributed by atoms with Crippen molar-refractivity contribution < 1.29 is 0 Å². The molecule has 0 aromatic rings. The maximum absolute atomic E-state index is 2.48. The van der Waals surface area contributed by atoms with E-state index in [0.717, 1.165) is 11.3 Å². The van der Waals surface area contributed by atoms with Gasteiger partial charge in [0.1, 0.15) is 0 Å². The Morgan fingerprint density at radius 1 is 1.23 bits per heavy atom. The fourth-order valence-electron chi connectivity index (χ4n) is 2.67. The lowest BCUT2D eigenvalue weighted by Gasteiger charge is -2.40. The second-order valence-electron chi connectivity index (χ2n) is 5.47. The van der Waals surface area contributed by atoms with Gasteiger partial charge in [0.05, 0.1) is 0 Å². The summed E-state index contributed by atoms with van der Waals surface area (Å²) in [6.07, 6.45) is 11.7. The second kappa shape index (κ2) is 5.02. The summed E-state index contributed by atoms with van der Waals surface area (Å²) in [5.74, 6) is 0.969. The van der Waals surface area contributed by atoms with Crippen LogP contribution < -0.4 is 0 Å². The molecule has 0 aliphatic heterocycles. The Morgan fingerprint density at radius 2 is 1.92 bits per heavy atom. The van der Waals surface area contributed by atoms with Gasteiger partial charge in [-0.15, -0.1) is 0 Å². The summed E-state index contributed by atoms with van der Waals surface area (Å²) < 4.78 is 0. The van der Waals surface area contributed by atoms with Gasteiger partial charge in [-0.1, -0.05) is 52.9 Å². The van der Waals surface area contributed by atoms with Gasteiger partial charge >= 0.3 is 0 Å². The molecule has 0 radical (unpaired) electrons. The summed E-state index contributed by atoms with van der Waals surface area (Å²) in [5, 5.41) is 0. The third-order valence-electron chi connectivity index (χ3n) is 3.70. The Labute approximate surface area is 84.1 Å². The Balaban J connectivity index is 2.06. The molecule has 0 aromatic carbocycles. The van der Waals surface area contributed by atoms with Gasteiger partial charge in [-0.25, -0.2) is 0 Å². The van der Waals surface area contributed by atoms with Crippen molar-refractivity contribution in [3.8, 4) is 0 Å². The Kier molecular flexibility index (Phi) is 4.28. The van der Waals surface area contributed by atoms with E-state index in [9.17, 15) is 0 Å². The highest BCUT2D eigenvalue weighted by molar-refractivity contribution is 4.84. The number of hydrogen-bond donors (Lipinski definition) is 0. The lowest BCUT2D eigenvalue weighted by atomic mass is 9.65. The lowest BCUT2D eigenvalue weighted by molar-refractivity contribution is 0.118. The summed E-state index contributed by atoms with van der Waals surface area (Å²) in [7, 11) is 0. The molecule has 1 atom stereocenters. The largest absolute Gasteiger partial charge is 0.0654 e. The summed E-state index contributed by atoms with van der Waals surface area (Å²) in [6.45, 7) is 7.21. The highest BCUT2D eigenvalue weighted by Gasteiger charge is 2.32. The molecule has 0 saturated heterocycles. The first-order chi connectivity index (χ1) is 6.16. The van der Waals surface area contributed by atoms with Gasteiger partial charge in [-0.05, 0) is 30.6 Å². The Bertz CT molecular complexity index is 133. The molecular formula is C13H26. The Morgan fingerprint density at radius 3 is 2.38 bits per heavy atom. The van der Waals surface area contributed by atoms with Crippen molar-refractivity contribution in [1.29, 1.82) is 0 Å². The molecule has 13 heavy (non-hydrogen) atoms. The molecule has 0 spiro atoms. The standard InChI is InChI=1S/C13H26/c1-4-5-6-8-12(2)11-13(3)9-7-10-13/h12H,4-11H2,1-3H3. The molecule has 0 N–H and O–H groups in total. The zero-order valence-corrected chi connectivity index (χ0v) is 9.73. The van der Waals surface area contributed by atoms with Gasteiger partial charge in [0.25, 0.3) is 0 Å². The van der Waals surface area contributed by atoms with Crippen molar-refractivity contribution in [2.24, 2.45) is 11.3 Å². The highest BCUT2D eigenvalue weighted by atomic mass is 14.4. The zero-order valence-electron chi connectivity index (χ0n) is 9.73. The van der Waals surface area contributed by atoms with Crippen LogP contribution in [-0.4, -0.2) is 0 Å². The number of unbranched alkanes of at least 4 members (excludes halogenated alkanes) is 2. The molecule has 78 valence electrons. The van der Waals surface area contributed by atoms with E-state index >= 15 is 0 Å². The molecule has 0 heterocycles. The molecule has 0 amide bonds.